The van der Waals surface area contributed by atoms with Gasteiger partial charge in [0.15, 0.2) is 0 Å². The first-order chi connectivity index (χ1) is 12.1. The van der Waals surface area contributed by atoms with Crippen molar-refractivity contribution in [2.75, 3.05) is 13.1 Å². The van der Waals surface area contributed by atoms with Crippen LogP contribution in [0.1, 0.15) is 45.6 Å². The highest BCUT2D eigenvalue weighted by Crippen LogP contribution is 2.25. The second-order valence-corrected chi connectivity index (χ2v) is 9.17. The van der Waals surface area contributed by atoms with Crippen molar-refractivity contribution in [2.24, 2.45) is 0 Å². The van der Waals surface area contributed by atoms with E-state index in [9.17, 15) is 13.2 Å². The number of hydrogen-bond donors (Lipinski definition) is 1. The van der Waals surface area contributed by atoms with Crippen molar-refractivity contribution in [1.29, 1.82) is 5.26 Å². The maximum Gasteiger partial charge on any atom is 0.407 e. The van der Waals surface area contributed by atoms with Gasteiger partial charge in [0.2, 0.25) is 10.0 Å². The fourth-order valence-electron chi connectivity index (χ4n) is 2.85. The summed E-state index contributed by atoms with van der Waals surface area (Å²) in [5.41, 5.74) is -0.198. The number of ether oxygens (including phenoxy) is 1. The molecule has 7 nitrogen and oxygen atoms in total. The van der Waals surface area contributed by atoms with Crippen molar-refractivity contribution < 1.29 is 17.9 Å². The summed E-state index contributed by atoms with van der Waals surface area (Å²) in [7, 11) is -3.69. The van der Waals surface area contributed by atoms with Gasteiger partial charge in [-0.25, -0.2) is 13.2 Å². The summed E-state index contributed by atoms with van der Waals surface area (Å²) in [5, 5.41) is 11.5. The van der Waals surface area contributed by atoms with Gasteiger partial charge in [0.1, 0.15) is 5.60 Å². The predicted molar refractivity (Wildman–Crippen MR) is 96.9 cm³/mol. The van der Waals surface area contributed by atoms with Gasteiger partial charge < -0.3 is 10.1 Å². The number of hydrogen-bond acceptors (Lipinski definition) is 5. The number of benzene rings is 1. The number of amides is 1. The van der Waals surface area contributed by atoms with E-state index in [-0.39, 0.29) is 17.5 Å². The van der Waals surface area contributed by atoms with Gasteiger partial charge in [-0.05, 0) is 57.9 Å². The Morgan fingerprint density at radius 1 is 1.31 bits per heavy atom. The number of sulfonamides is 1. The predicted octanol–water partition coefficient (Wildman–Crippen LogP) is 2.63. The zero-order chi connectivity index (χ0) is 19.4. The molecule has 142 valence electrons. The number of rotatable bonds is 4. The van der Waals surface area contributed by atoms with Crippen molar-refractivity contribution in [3.63, 3.8) is 0 Å². The first-order valence-corrected chi connectivity index (χ1v) is 10.1. The monoisotopic (exact) mass is 379 g/mol. The summed E-state index contributed by atoms with van der Waals surface area (Å²) in [5.74, 6) is 0. The molecule has 1 atom stereocenters. The minimum atomic E-state index is -3.69. The van der Waals surface area contributed by atoms with Crippen LogP contribution in [-0.4, -0.2) is 43.5 Å². The summed E-state index contributed by atoms with van der Waals surface area (Å²) < 4.78 is 32.6. The molecular weight excluding hydrogens is 354 g/mol. The maximum atomic E-state index is 13.0. The number of nitriles is 1. The molecule has 1 fully saturated rings. The molecule has 1 aliphatic rings. The molecule has 1 unspecified atom stereocenters. The number of nitrogens with zero attached hydrogens (tertiary/aromatic N) is 2. The highest BCUT2D eigenvalue weighted by molar-refractivity contribution is 7.89. The van der Waals surface area contributed by atoms with E-state index >= 15 is 0 Å². The van der Waals surface area contributed by atoms with E-state index < -0.39 is 21.7 Å². The number of carbonyl (C=O) groups excluding carboxylic acids is 1. The Labute approximate surface area is 155 Å². The number of nitrogens with one attached hydrogen (secondary N) is 1. The number of piperidine rings is 1. The van der Waals surface area contributed by atoms with Gasteiger partial charge in [0.25, 0.3) is 0 Å². The van der Waals surface area contributed by atoms with E-state index in [1.807, 2.05) is 6.07 Å². The summed E-state index contributed by atoms with van der Waals surface area (Å²) in [6.07, 6.45) is 1.79. The third kappa shape index (κ3) is 5.19. The fourth-order valence-corrected chi connectivity index (χ4v) is 4.54. The quantitative estimate of drug-likeness (QED) is 0.867. The molecule has 0 bridgehead atoms. The lowest BCUT2D eigenvalue weighted by molar-refractivity contribution is 0.0512. The molecule has 1 N–H and O–H groups in total. The Kier molecular flexibility index (Phi) is 6.26. The average molecular weight is 379 g/mol. The van der Waals surface area contributed by atoms with Crippen molar-refractivity contribution >= 4 is 16.1 Å². The van der Waals surface area contributed by atoms with Crippen molar-refractivity contribution in [1.82, 2.24) is 9.62 Å². The fraction of sp³-hybridized carbons (Fsp3) is 0.556. The van der Waals surface area contributed by atoms with E-state index in [1.54, 1.807) is 20.8 Å². The Balaban J connectivity index is 2.11. The highest BCUT2D eigenvalue weighted by atomic mass is 32.2. The van der Waals surface area contributed by atoms with Gasteiger partial charge in [-0.2, -0.15) is 9.57 Å². The summed E-state index contributed by atoms with van der Waals surface area (Å²) in [4.78, 5) is 12.0. The molecule has 8 heteroatoms. The summed E-state index contributed by atoms with van der Waals surface area (Å²) >= 11 is 0. The van der Waals surface area contributed by atoms with Crippen molar-refractivity contribution in [3.05, 3.63) is 29.8 Å². The largest absolute Gasteiger partial charge is 0.444 e. The van der Waals surface area contributed by atoms with Crippen LogP contribution in [-0.2, 0) is 14.8 Å². The van der Waals surface area contributed by atoms with Crippen LogP contribution in [0.2, 0.25) is 0 Å². The number of alkyl carbamates (subject to hydrolysis) is 1. The SMILES string of the molecule is CC(C)(C)OC(=O)NCC1CCCCN1S(=O)(=O)c1ccc(C#N)cc1. The first-order valence-electron chi connectivity index (χ1n) is 8.62. The molecule has 1 amide bonds. The molecular formula is C18H25N3O4S. The van der Waals surface area contributed by atoms with Gasteiger partial charge in [-0.15, -0.1) is 0 Å². The molecule has 0 aromatic heterocycles. The Morgan fingerprint density at radius 3 is 2.54 bits per heavy atom. The van der Waals surface area contributed by atoms with E-state index in [0.29, 0.717) is 18.5 Å². The topological polar surface area (TPSA) is 99.5 Å². The minimum Gasteiger partial charge on any atom is -0.444 e. The third-order valence-corrected chi connectivity index (χ3v) is 6.01. The van der Waals surface area contributed by atoms with Crippen LogP contribution in [0.5, 0.6) is 0 Å². The molecule has 1 aromatic carbocycles. The average Bonchev–Trinajstić information content (AvgIpc) is 2.59. The first kappa shape index (κ1) is 20.2. The highest BCUT2D eigenvalue weighted by Gasteiger charge is 2.33. The molecule has 2 rings (SSSR count). The van der Waals surface area contributed by atoms with E-state index in [1.165, 1.54) is 28.6 Å². The molecule has 0 saturated carbocycles. The van der Waals surface area contributed by atoms with Crippen LogP contribution in [0.15, 0.2) is 29.2 Å². The van der Waals surface area contributed by atoms with Crippen LogP contribution >= 0.6 is 0 Å². The zero-order valence-electron chi connectivity index (χ0n) is 15.4. The lowest BCUT2D eigenvalue weighted by Gasteiger charge is -2.35. The van der Waals surface area contributed by atoms with Crippen LogP contribution in [0.25, 0.3) is 0 Å². The summed E-state index contributed by atoms with van der Waals surface area (Å²) in [6.45, 7) is 5.92. The van der Waals surface area contributed by atoms with Crippen LogP contribution in [0.3, 0.4) is 0 Å². The standard InChI is InChI=1S/C18H25N3O4S/c1-18(2,3)25-17(22)20-13-15-6-4-5-11-21(15)26(23,24)16-9-7-14(12-19)8-10-16/h7-10,15H,4-6,11,13H2,1-3H3,(H,20,22). The Morgan fingerprint density at radius 2 is 1.96 bits per heavy atom. The van der Waals surface area contributed by atoms with Gasteiger partial charge in [-0.1, -0.05) is 6.42 Å². The lowest BCUT2D eigenvalue weighted by Crippen LogP contribution is -2.49. The molecule has 26 heavy (non-hydrogen) atoms. The molecule has 1 saturated heterocycles. The summed E-state index contributed by atoms with van der Waals surface area (Å²) in [6, 6.07) is 7.53. The lowest BCUT2D eigenvalue weighted by atomic mass is 10.1. The van der Waals surface area contributed by atoms with Gasteiger partial charge >= 0.3 is 6.09 Å². The molecule has 1 aliphatic heterocycles. The Bertz CT molecular complexity index is 776. The number of carbonyl (C=O) groups is 1. The molecule has 0 radical (unpaired) electrons. The second-order valence-electron chi connectivity index (χ2n) is 7.28. The van der Waals surface area contributed by atoms with Crippen LogP contribution in [0.4, 0.5) is 4.79 Å². The normalized spacial score (nSPS) is 18.8. The van der Waals surface area contributed by atoms with E-state index in [2.05, 4.69) is 5.32 Å². The minimum absolute atomic E-state index is 0.153. The van der Waals surface area contributed by atoms with Gasteiger partial charge in [0, 0.05) is 19.1 Å². The van der Waals surface area contributed by atoms with Crippen LogP contribution in [0, 0.1) is 11.3 Å². The molecule has 1 aromatic rings. The van der Waals surface area contributed by atoms with Gasteiger partial charge in [0.05, 0.1) is 16.5 Å². The van der Waals surface area contributed by atoms with Gasteiger partial charge in [-0.3, -0.25) is 0 Å². The van der Waals surface area contributed by atoms with Crippen molar-refractivity contribution in [3.8, 4) is 6.07 Å². The maximum absolute atomic E-state index is 13.0. The zero-order valence-corrected chi connectivity index (χ0v) is 16.2. The molecule has 1 heterocycles. The second kappa shape index (κ2) is 8.06. The van der Waals surface area contributed by atoms with E-state index in [0.717, 1.165) is 12.8 Å². The van der Waals surface area contributed by atoms with Crippen LogP contribution < -0.4 is 5.32 Å². The van der Waals surface area contributed by atoms with E-state index in [4.69, 9.17) is 10.00 Å². The molecule has 0 spiro atoms. The Hall–Kier alpha value is -2.11. The van der Waals surface area contributed by atoms with Crippen molar-refractivity contribution in [2.45, 2.75) is 56.6 Å². The third-order valence-electron chi connectivity index (χ3n) is 4.04. The molecule has 0 aliphatic carbocycles. The smallest absolute Gasteiger partial charge is 0.407 e.